The molecule has 1 fully saturated rings. The number of aliphatic imine (C=N–C) groups is 1. The maximum Gasteiger partial charge on any atom is 0.338 e. The zero-order valence-electron chi connectivity index (χ0n) is 23.9. The van der Waals surface area contributed by atoms with Crippen molar-refractivity contribution < 1.29 is 33.3 Å². The number of nitrogens with one attached hydrogen (secondary N) is 1. The summed E-state index contributed by atoms with van der Waals surface area (Å²) in [7, 11) is 4.69. The van der Waals surface area contributed by atoms with E-state index in [2.05, 4.69) is 5.32 Å². The summed E-state index contributed by atoms with van der Waals surface area (Å²) in [6.45, 7) is 2.36. The van der Waals surface area contributed by atoms with E-state index in [1.54, 1.807) is 81.7 Å². The monoisotopic (exact) mass is 591 g/mol. The van der Waals surface area contributed by atoms with Gasteiger partial charge in [-0.05, 0) is 67.4 Å². The molecule has 1 saturated heterocycles. The van der Waals surface area contributed by atoms with Crippen molar-refractivity contribution in [2.45, 2.75) is 25.0 Å². The van der Waals surface area contributed by atoms with Crippen LogP contribution in [0.3, 0.4) is 0 Å². The summed E-state index contributed by atoms with van der Waals surface area (Å²) < 4.78 is 21.0. The molecule has 3 aromatic rings. The predicted molar refractivity (Wildman–Crippen MR) is 162 cm³/mol. The van der Waals surface area contributed by atoms with Crippen molar-refractivity contribution in [2.24, 2.45) is 4.99 Å². The average molecular weight is 592 g/mol. The quantitative estimate of drug-likeness (QED) is 0.307. The number of amides is 2. The fraction of sp³-hybridized carbons (Fsp3) is 0.290. The van der Waals surface area contributed by atoms with Crippen LogP contribution in [0.15, 0.2) is 71.7 Å². The van der Waals surface area contributed by atoms with Gasteiger partial charge in [-0.15, -0.1) is 0 Å². The number of anilines is 1. The van der Waals surface area contributed by atoms with Crippen LogP contribution in [-0.2, 0) is 20.7 Å². The van der Waals surface area contributed by atoms with Gasteiger partial charge in [0, 0.05) is 24.7 Å². The van der Waals surface area contributed by atoms with Gasteiger partial charge < -0.3 is 24.3 Å². The Morgan fingerprint density at radius 2 is 1.74 bits per heavy atom. The van der Waals surface area contributed by atoms with Crippen LogP contribution in [0, 0.1) is 0 Å². The van der Waals surface area contributed by atoms with Crippen LogP contribution in [0.1, 0.15) is 29.3 Å². The van der Waals surface area contributed by atoms with Crippen LogP contribution < -0.4 is 19.5 Å². The SMILES string of the molecule is CCOC(=O)c1ccc(N=C2SC(C(=O)Nc3cccc(OC)c3)CC(=O)N2CCc2ccc(OC)c(OC)c2)cc1. The second-order valence-electron chi connectivity index (χ2n) is 9.18. The first-order valence-corrected chi connectivity index (χ1v) is 14.2. The Labute approximate surface area is 249 Å². The summed E-state index contributed by atoms with van der Waals surface area (Å²) in [6, 6.07) is 19.2. The molecule has 1 heterocycles. The van der Waals surface area contributed by atoms with E-state index in [9.17, 15) is 14.4 Å². The Hall–Kier alpha value is -4.51. The summed E-state index contributed by atoms with van der Waals surface area (Å²) in [4.78, 5) is 45.1. The molecular weight excluding hydrogens is 558 g/mol. The van der Waals surface area contributed by atoms with Gasteiger partial charge in [0.25, 0.3) is 0 Å². The van der Waals surface area contributed by atoms with Crippen molar-refractivity contribution in [1.29, 1.82) is 0 Å². The molecule has 2 amide bonds. The number of carbonyl (C=O) groups excluding carboxylic acids is 3. The molecule has 1 unspecified atom stereocenters. The van der Waals surface area contributed by atoms with Crippen molar-refractivity contribution in [3.05, 3.63) is 77.9 Å². The third-order valence-electron chi connectivity index (χ3n) is 6.44. The number of nitrogens with zero attached hydrogens (tertiary/aromatic N) is 2. The number of benzene rings is 3. The standard InChI is InChI=1S/C31H33N3O7S/c1-5-41-30(37)21-10-12-22(13-11-21)33-31-34(16-15-20-9-14-25(39-3)26(17-20)40-4)28(35)19-27(42-31)29(36)32-23-7-6-8-24(18-23)38-2/h6-14,17-18,27H,5,15-16,19H2,1-4H3,(H,32,36). The van der Waals surface area contributed by atoms with E-state index in [0.29, 0.717) is 52.3 Å². The normalized spacial score (nSPS) is 15.7. The number of hydrogen-bond acceptors (Lipinski definition) is 9. The molecule has 11 heteroatoms. The molecule has 0 saturated carbocycles. The van der Waals surface area contributed by atoms with Crippen molar-refractivity contribution in [3.63, 3.8) is 0 Å². The summed E-state index contributed by atoms with van der Waals surface area (Å²) in [5, 5.41) is 2.57. The van der Waals surface area contributed by atoms with Crippen LogP contribution in [0.25, 0.3) is 0 Å². The minimum Gasteiger partial charge on any atom is -0.497 e. The van der Waals surface area contributed by atoms with Gasteiger partial charge in [-0.2, -0.15) is 0 Å². The lowest BCUT2D eigenvalue weighted by Crippen LogP contribution is -2.46. The van der Waals surface area contributed by atoms with Crippen molar-refractivity contribution in [3.8, 4) is 17.2 Å². The van der Waals surface area contributed by atoms with E-state index in [-0.39, 0.29) is 24.8 Å². The van der Waals surface area contributed by atoms with Crippen LogP contribution in [0.4, 0.5) is 11.4 Å². The van der Waals surface area contributed by atoms with Gasteiger partial charge >= 0.3 is 5.97 Å². The largest absolute Gasteiger partial charge is 0.497 e. The average Bonchev–Trinajstić information content (AvgIpc) is 3.00. The van der Waals surface area contributed by atoms with Gasteiger partial charge in [-0.1, -0.05) is 23.9 Å². The number of methoxy groups -OCH3 is 3. The smallest absolute Gasteiger partial charge is 0.338 e. The molecule has 0 aliphatic carbocycles. The highest BCUT2D eigenvalue weighted by atomic mass is 32.2. The van der Waals surface area contributed by atoms with E-state index in [1.807, 2.05) is 18.2 Å². The first kappa shape index (κ1) is 30.4. The van der Waals surface area contributed by atoms with Gasteiger partial charge in [-0.3, -0.25) is 14.5 Å². The molecule has 10 nitrogen and oxygen atoms in total. The van der Waals surface area contributed by atoms with Crippen LogP contribution in [0.5, 0.6) is 17.2 Å². The van der Waals surface area contributed by atoms with E-state index in [0.717, 1.165) is 5.56 Å². The van der Waals surface area contributed by atoms with Gasteiger partial charge in [0.05, 0.1) is 39.2 Å². The molecule has 0 aromatic heterocycles. The molecule has 1 atom stereocenters. The maximum atomic E-state index is 13.4. The van der Waals surface area contributed by atoms with Crippen LogP contribution in [0.2, 0.25) is 0 Å². The Morgan fingerprint density at radius 1 is 0.976 bits per heavy atom. The number of hydrogen-bond donors (Lipinski definition) is 1. The highest BCUT2D eigenvalue weighted by molar-refractivity contribution is 8.15. The molecule has 3 aromatic carbocycles. The number of thioether (sulfide) groups is 1. The van der Waals surface area contributed by atoms with Crippen LogP contribution in [-0.4, -0.2) is 67.6 Å². The lowest BCUT2D eigenvalue weighted by Gasteiger charge is -2.32. The zero-order valence-corrected chi connectivity index (χ0v) is 24.7. The zero-order chi connectivity index (χ0) is 30.1. The number of ether oxygens (including phenoxy) is 4. The molecule has 0 radical (unpaired) electrons. The molecule has 1 N–H and O–H groups in total. The molecule has 42 heavy (non-hydrogen) atoms. The second-order valence-corrected chi connectivity index (χ2v) is 10.3. The van der Waals surface area contributed by atoms with Crippen molar-refractivity contribution >= 4 is 46.1 Å². The highest BCUT2D eigenvalue weighted by Crippen LogP contribution is 2.32. The summed E-state index contributed by atoms with van der Waals surface area (Å²) in [6.07, 6.45) is 0.529. The molecule has 1 aliphatic heterocycles. The third kappa shape index (κ3) is 7.61. The number of esters is 1. The summed E-state index contributed by atoms with van der Waals surface area (Å²) in [5.41, 5.74) is 2.44. The molecule has 4 rings (SSSR count). The Kier molecular flexibility index (Phi) is 10.4. The van der Waals surface area contributed by atoms with Gasteiger partial charge in [0.2, 0.25) is 11.8 Å². The Balaban J connectivity index is 1.57. The molecular formula is C31H33N3O7S. The minimum absolute atomic E-state index is 0.00716. The molecule has 220 valence electrons. The van der Waals surface area contributed by atoms with E-state index >= 15 is 0 Å². The van der Waals surface area contributed by atoms with E-state index in [4.69, 9.17) is 23.9 Å². The highest BCUT2D eigenvalue weighted by Gasteiger charge is 2.36. The number of carbonyl (C=O) groups is 3. The minimum atomic E-state index is -0.696. The fourth-order valence-electron chi connectivity index (χ4n) is 4.26. The maximum absolute atomic E-state index is 13.4. The Morgan fingerprint density at radius 3 is 2.43 bits per heavy atom. The van der Waals surface area contributed by atoms with Crippen molar-refractivity contribution in [2.75, 3.05) is 39.8 Å². The summed E-state index contributed by atoms with van der Waals surface area (Å²) >= 11 is 1.22. The fourth-order valence-corrected chi connectivity index (χ4v) is 5.38. The van der Waals surface area contributed by atoms with Gasteiger partial charge in [0.1, 0.15) is 11.0 Å². The van der Waals surface area contributed by atoms with Gasteiger partial charge in [0.15, 0.2) is 16.7 Å². The third-order valence-corrected chi connectivity index (χ3v) is 7.63. The van der Waals surface area contributed by atoms with Gasteiger partial charge in [-0.25, -0.2) is 9.79 Å². The number of amidine groups is 1. The lowest BCUT2D eigenvalue weighted by atomic mass is 10.1. The molecule has 1 aliphatic rings. The summed E-state index contributed by atoms with van der Waals surface area (Å²) in [5.74, 6) is 0.858. The number of rotatable bonds is 11. The van der Waals surface area contributed by atoms with E-state index in [1.165, 1.54) is 11.8 Å². The molecule has 0 bridgehead atoms. The van der Waals surface area contributed by atoms with Crippen LogP contribution >= 0.6 is 11.8 Å². The Bertz CT molecular complexity index is 1460. The molecule has 0 spiro atoms. The van der Waals surface area contributed by atoms with E-state index < -0.39 is 11.2 Å². The lowest BCUT2D eigenvalue weighted by molar-refractivity contribution is -0.129. The topological polar surface area (TPSA) is 116 Å². The predicted octanol–water partition coefficient (Wildman–Crippen LogP) is 5.09. The van der Waals surface area contributed by atoms with Crippen molar-refractivity contribution in [1.82, 2.24) is 4.90 Å². The second kappa shape index (κ2) is 14.4. The first-order valence-electron chi connectivity index (χ1n) is 13.3. The first-order chi connectivity index (χ1) is 20.3.